The second kappa shape index (κ2) is 7.06. The fourth-order valence-electron chi connectivity index (χ4n) is 3.17. The minimum absolute atomic E-state index is 0.352. The zero-order valence-electron chi connectivity index (χ0n) is 16.0. The summed E-state index contributed by atoms with van der Waals surface area (Å²) < 4.78 is 35.0. The maximum atomic E-state index is 12.9. The first-order chi connectivity index (χ1) is 13.5. The summed E-state index contributed by atoms with van der Waals surface area (Å²) in [5.41, 5.74) is -0.654. The molecule has 0 aliphatic carbocycles. The zero-order chi connectivity index (χ0) is 21.0. The van der Waals surface area contributed by atoms with Gasteiger partial charge in [-0.3, -0.25) is 4.72 Å². The van der Waals surface area contributed by atoms with E-state index in [1.807, 2.05) is 0 Å². The smallest absolute Gasteiger partial charge is 0.435 e. The van der Waals surface area contributed by atoms with E-state index in [9.17, 15) is 13.2 Å². The Labute approximate surface area is 177 Å². The number of nitrogens with one attached hydrogen (secondary N) is 1. The molecule has 1 saturated heterocycles. The van der Waals surface area contributed by atoms with Crippen LogP contribution in [0.15, 0.2) is 29.4 Å². The van der Waals surface area contributed by atoms with E-state index < -0.39 is 32.6 Å². The number of carbonyl (C=O) groups is 1. The molecule has 2 unspecified atom stereocenters. The molecule has 2 aromatic rings. The molecule has 4 rings (SSSR count). The van der Waals surface area contributed by atoms with Crippen LogP contribution in [0.2, 0.25) is 0 Å². The number of nitrogens with zero attached hydrogens (tertiary/aromatic N) is 4. The van der Waals surface area contributed by atoms with Crippen LogP contribution in [0.3, 0.4) is 0 Å². The van der Waals surface area contributed by atoms with Crippen molar-refractivity contribution in [3.63, 3.8) is 0 Å². The summed E-state index contributed by atoms with van der Waals surface area (Å²) in [6.45, 7) is 5.89. The normalized spacial score (nSPS) is 21.9. The van der Waals surface area contributed by atoms with Crippen molar-refractivity contribution in [2.24, 2.45) is 4.99 Å². The Bertz CT molecular complexity index is 1110. The van der Waals surface area contributed by atoms with Crippen LogP contribution in [-0.4, -0.2) is 63.1 Å². The Balaban J connectivity index is 1.57. The van der Waals surface area contributed by atoms with Crippen molar-refractivity contribution in [1.82, 2.24) is 14.7 Å². The lowest BCUT2D eigenvalue weighted by Gasteiger charge is -2.24. The number of rotatable bonds is 3. The Kier molecular flexibility index (Phi) is 4.94. The van der Waals surface area contributed by atoms with Gasteiger partial charge in [0.2, 0.25) is 0 Å². The third-order valence-electron chi connectivity index (χ3n) is 4.30. The van der Waals surface area contributed by atoms with Gasteiger partial charge in [-0.25, -0.2) is 18.2 Å². The Morgan fingerprint density at radius 1 is 1.38 bits per heavy atom. The highest BCUT2D eigenvalue weighted by atomic mass is 35.5. The van der Waals surface area contributed by atoms with Crippen molar-refractivity contribution < 1.29 is 17.9 Å². The van der Waals surface area contributed by atoms with Gasteiger partial charge in [-0.15, -0.1) is 0 Å². The fraction of sp³-hybridized carbons (Fsp3) is 0.471. The van der Waals surface area contributed by atoms with Gasteiger partial charge in [0.25, 0.3) is 10.0 Å². The number of ether oxygens (including phenoxy) is 1. The molecule has 1 fully saturated rings. The van der Waals surface area contributed by atoms with Gasteiger partial charge in [-0.05, 0) is 39.0 Å². The molecule has 29 heavy (non-hydrogen) atoms. The monoisotopic (exact) mass is 457 g/mol. The first-order valence-electron chi connectivity index (χ1n) is 8.89. The summed E-state index contributed by atoms with van der Waals surface area (Å²) >= 11 is 7.69. The lowest BCUT2D eigenvalue weighted by Crippen LogP contribution is -2.44. The summed E-state index contributed by atoms with van der Waals surface area (Å²) in [7, 11) is -3.82. The molecular formula is C17H20ClN5O4S2. The number of hydrogen-bond donors (Lipinski definition) is 1. The summed E-state index contributed by atoms with van der Waals surface area (Å²) in [6, 6.07) is 4.80. The number of anilines is 1. The van der Waals surface area contributed by atoms with E-state index in [-0.39, 0.29) is 0 Å². The van der Waals surface area contributed by atoms with Crippen molar-refractivity contribution in [2.45, 2.75) is 37.2 Å². The van der Waals surface area contributed by atoms with E-state index in [1.165, 1.54) is 18.0 Å². The van der Waals surface area contributed by atoms with Crippen LogP contribution in [0.1, 0.15) is 20.8 Å². The van der Waals surface area contributed by atoms with Crippen LogP contribution in [0, 0.1) is 0 Å². The van der Waals surface area contributed by atoms with E-state index in [4.69, 9.17) is 16.3 Å². The molecular weight excluding hydrogens is 438 g/mol. The van der Waals surface area contributed by atoms with Crippen molar-refractivity contribution >= 4 is 61.2 Å². The standard InChI is InChI=1S/C17H20ClN5O4S2/c1-17(2,3)27-16(24)23-12-5-4-11(8-10(12)9-19-23)21-29(25,26)14-13(18)20-15-22(14)6-7-28-15/h4-5,8-9,13-14,21H,6-7H2,1-3H3. The number of sulfonamides is 1. The van der Waals surface area contributed by atoms with Gasteiger partial charge in [0.1, 0.15) is 5.60 Å². The highest BCUT2D eigenvalue weighted by molar-refractivity contribution is 8.14. The van der Waals surface area contributed by atoms with Crippen LogP contribution in [0.4, 0.5) is 10.5 Å². The largest absolute Gasteiger partial charge is 0.442 e. The molecule has 2 atom stereocenters. The predicted octanol–water partition coefficient (Wildman–Crippen LogP) is 2.87. The molecule has 12 heteroatoms. The van der Waals surface area contributed by atoms with Gasteiger partial charge in [-0.2, -0.15) is 9.78 Å². The van der Waals surface area contributed by atoms with E-state index in [2.05, 4.69) is 14.8 Å². The first kappa shape index (κ1) is 20.3. The van der Waals surface area contributed by atoms with Crippen LogP contribution in [0.5, 0.6) is 0 Å². The average molecular weight is 458 g/mol. The number of aromatic nitrogens is 2. The molecule has 3 heterocycles. The molecule has 2 aliphatic rings. The second-order valence-electron chi connectivity index (χ2n) is 7.67. The topological polar surface area (TPSA) is 106 Å². The minimum atomic E-state index is -3.82. The van der Waals surface area contributed by atoms with Gasteiger partial charge in [0.15, 0.2) is 16.0 Å². The maximum Gasteiger partial charge on any atom is 0.435 e. The highest BCUT2D eigenvalue weighted by Gasteiger charge is 2.46. The number of thioether (sulfide) groups is 1. The molecule has 0 spiro atoms. The number of fused-ring (bicyclic) bond motifs is 2. The van der Waals surface area contributed by atoms with E-state index >= 15 is 0 Å². The Morgan fingerprint density at radius 2 is 2.14 bits per heavy atom. The zero-order valence-corrected chi connectivity index (χ0v) is 18.4. The van der Waals surface area contributed by atoms with E-state index in [1.54, 1.807) is 43.9 Å². The fourth-order valence-corrected chi connectivity index (χ4v) is 6.43. The van der Waals surface area contributed by atoms with Crippen LogP contribution in [-0.2, 0) is 14.8 Å². The van der Waals surface area contributed by atoms with Gasteiger partial charge >= 0.3 is 6.09 Å². The van der Waals surface area contributed by atoms with E-state index in [0.717, 1.165) is 10.4 Å². The molecule has 1 aromatic heterocycles. The van der Waals surface area contributed by atoms with Gasteiger partial charge in [0.05, 0.1) is 11.7 Å². The van der Waals surface area contributed by atoms with Crippen LogP contribution in [0.25, 0.3) is 10.9 Å². The molecule has 156 valence electrons. The maximum absolute atomic E-state index is 12.9. The predicted molar refractivity (Wildman–Crippen MR) is 114 cm³/mol. The number of alkyl halides is 1. The summed E-state index contributed by atoms with van der Waals surface area (Å²) in [4.78, 5) is 18.2. The van der Waals surface area contributed by atoms with Gasteiger partial charge in [0, 0.05) is 23.4 Å². The van der Waals surface area contributed by atoms with Gasteiger partial charge < -0.3 is 9.64 Å². The van der Waals surface area contributed by atoms with Gasteiger partial charge in [-0.1, -0.05) is 23.4 Å². The third-order valence-corrected chi connectivity index (χ3v) is 7.44. The number of halogens is 1. The molecule has 0 saturated carbocycles. The molecule has 9 nitrogen and oxygen atoms in total. The van der Waals surface area contributed by atoms with Crippen LogP contribution < -0.4 is 4.72 Å². The SMILES string of the molecule is CC(C)(C)OC(=O)n1ncc2cc(NS(=O)(=O)C3C(Cl)N=C4SCCN43)ccc21. The molecule has 2 aliphatic heterocycles. The van der Waals surface area contributed by atoms with Crippen molar-refractivity contribution in [3.05, 3.63) is 24.4 Å². The summed E-state index contributed by atoms with van der Waals surface area (Å²) in [5.74, 6) is 0.782. The van der Waals surface area contributed by atoms with Crippen LogP contribution >= 0.6 is 23.4 Å². The third kappa shape index (κ3) is 3.90. The quantitative estimate of drug-likeness (QED) is 0.557. The molecule has 0 radical (unpaired) electrons. The number of hydrogen-bond acceptors (Lipinski definition) is 8. The molecule has 0 amide bonds. The summed E-state index contributed by atoms with van der Waals surface area (Å²) in [6.07, 6.45) is 0.878. The molecule has 1 aromatic carbocycles. The number of amidine groups is 1. The van der Waals surface area contributed by atoms with E-state index in [0.29, 0.717) is 28.3 Å². The van der Waals surface area contributed by atoms with Crippen molar-refractivity contribution in [3.8, 4) is 0 Å². The Hall–Kier alpha value is -1.98. The molecule has 1 N–H and O–H groups in total. The lowest BCUT2D eigenvalue weighted by atomic mass is 10.2. The molecule has 0 bridgehead atoms. The second-order valence-corrected chi connectivity index (χ2v) is 11.0. The number of carbonyl (C=O) groups excluding carboxylic acids is 1. The van der Waals surface area contributed by atoms with Crippen molar-refractivity contribution in [2.75, 3.05) is 17.0 Å². The highest BCUT2D eigenvalue weighted by Crippen LogP contribution is 2.34. The number of aliphatic imine (C=N–C) groups is 1. The summed E-state index contributed by atoms with van der Waals surface area (Å²) in [5, 5.41) is 4.36. The Morgan fingerprint density at radius 3 is 2.86 bits per heavy atom. The number of benzene rings is 1. The first-order valence-corrected chi connectivity index (χ1v) is 11.9. The lowest BCUT2D eigenvalue weighted by molar-refractivity contribution is 0.0522. The van der Waals surface area contributed by atoms with Crippen molar-refractivity contribution in [1.29, 1.82) is 0 Å². The minimum Gasteiger partial charge on any atom is -0.442 e. The average Bonchev–Trinajstić information content (AvgIpc) is 3.25.